The van der Waals surface area contributed by atoms with E-state index in [0.29, 0.717) is 5.57 Å². The summed E-state index contributed by atoms with van der Waals surface area (Å²) >= 11 is 0. The lowest BCUT2D eigenvalue weighted by molar-refractivity contribution is -0.144. The summed E-state index contributed by atoms with van der Waals surface area (Å²) in [5.41, 5.74) is 0.488. The first kappa shape index (κ1) is 12.2. The maximum absolute atomic E-state index is 11.4. The highest BCUT2D eigenvalue weighted by molar-refractivity contribution is 5.87. The Morgan fingerprint density at radius 2 is 2.20 bits per heavy atom. The van der Waals surface area contributed by atoms with Crippen LogP contribution in [0.3, 0.4) is 0 Å². The Hall–Kier alpha value is -0.830. The third-order valence-corrected chi connectivity index (χ3v) is 2.50. The van der Waals surface area contributed by atoms with Crippen LogP contribution in [0, 0.1) is 0 Å². The number of esters is 1. The maximum atomic E-state index is 11.4. The van der Waals surface area contributed by atoms with Crippen LogP contribution in [-0.4, -0.2) is 36.6 Å². The first-order chi connectivity index (χ1) is 7.13. The number of ether oxygens (including phenoxy) is 1. The molecule has 0 aromatic rings. The number of hydrogen-bond acceptors (Lipinski definition) is 3. The van der Waals surface area contributed by atoms with Gasteiger partial charge in [-0.25, -0.2) is 4.79 Å². The third kappa shape index (κ3) is 4.98. The van der Waals surface area contributed by atoms with Crippen LogP contribution < -0.4 is 0 Å². The molecule has 0 bridgehead atoms. The lowest BCUT2D eigenvalue weighted by atomic mass is 10.1. The second kappa shape index (κ2) is 5.91. The summed E-state index contributed by atoms with van der Waals surface area (Å²) in [4.78, 5) is 13.7. The number of nitrogens with zero attached hydrogens (tertiary/aromatic N) is 1. The minimum Gasteiger partial charge on any atom is -0.458 e. The standard InChI is InChI=1S/C12H21NO2/c1-4-5-6-11(9-13-7-8-13)15-12(14)10(2)3/h11H,2,4-9H2,1,3H3. The Labute approximate surface area is 92.1 Å². The summed E-state index contributed by atoms with van der Waals surface area (Å²) in [6.07, 6.45) is 3.27. The fraction of sp³-hybridized carbons (Fsp3) is 0.750. The fourth-order valence-corrected chi connectivity index (χ4v) is 1.41. The molecule has 15 heavy (non-hydrogen) atoms. The van der Waals surface area contributed by atoms with E-state index in [9.17, 15) is 4.79 Å². The van der Waals surface area contributed by atoms with Crippen LogP contribution in [0.15, 0.2) is 12.2 Å². The van der Waals surface area contributed by atoms with Gasteiger partial charge in [-0.3, -0.25) is 4.90 Å². The van der Waals surface area contributed by atoms with Crippen LogP contribution in [0.1, 0.15) is 33.1 Å². The zero-order valence-electron chi connectivity index (χ0n) is 9.79. The number of carbonyl (C=O) groups is 1. The number of hydrogen-bond donors (Lipinski definition) is 0. The van der Waals surface area contributed by atoms with Crippen molar-refractivity contribution in [3.63, 3.8) is 0 Å². The smallest absolute Gasteiger partial charge is 0.333 e. The van der Waals surface area contributed by atoms with Crippen molar-refractivity contribution in [2.24, 2.45) is 0 Å². The summed E-state index contributed by atoms with van der Waals surface area (Å²) in [5, 5.41) is 0. The van der Waals surface area contributed by atoms with Gasteiger partial charge in [0.25, 0.3) is 0 Å². The first-order valence-electron chi connectivity index (χ1n) is 5.72. The van der Waals surface area contributed by atoms with Crippen molar-refractivity contribution in [1.29, 1.82) is 0 Å². The number of unbranched alkanes of at least 4 members (excludes halogenated alkanes) is 1. The normalized spacial score (nSPS) is 17.2. The molecule has 1 aliphatic rings. The minimum absolute atomic E-state index is 0.0525. The van der Waals surface area contributed by atoms with Gasteiger partial charge in [0.15, 0.2) is 0 Å². The molecule has 1 heterocycles. The maximum Gasteiger partial charge on any atom is 0.333 e. The second-order valence-corrected chi connectivity index (χ2v) is 4.25. The molecule has 3 heteroatoms. The van der Waals surface area contributed by atoms with E-state index in [1.54, 1.807) is 6.92 Å². The van der Waals surface area contributed by atoms with Crippen molar-refractivity contribution in [1.82, 2.24) is 4.90 Å². The second-order valence-electron chi connectivity index (χ2n) is 4.25. The molecule has 0 amide bonds. The van der Waals surface area contributed by atoms with Crippen LogP contribution in [0.5, 0.6) is 0 Å². The molecule has 0 saturated carbocycles. The summed E-state index contributed by atoms with van der Waals surface area (Å²) < 4.78 is 5.38. The summed E-state index contributed by atoms with van der Waals surface area (Å²) in [7, 11) is 0. The zero-order valence-corrected chi connectivity index (χ0v) is 9.79. The van der Waals surface area contributed by atoms with Crippen LogP contribution in [0.4, 0.5) is 0 Å². The van der Waals surface area contributed by atoms with E-state index in [4.69, 9.17) is 4.74 Å². The van der Waals surface area contributed by atoms with Crippen molar-refractivity contribution in [2.75, 3.05) is 19.6 Å². The van der Waals surface area contributed by atoms with E-state index in [1.165, 1.54) is 0 Å². The highest BCUT2D eigenvalue weighted by Crippen LogP contribution is 2.13. The van der Waals surface area contributed by atoms with Gasteiger partial charge in [-0.1, -0.05) is 19.9 Å². The van der Waals surface area contributed by atoms with E-state index >= 15 is 0 Å². The van der Waals surface area contributed by atoms with Gasteiger partial charge in [-0.15, -0.1) is 0 Å². The molecule has 1 atom stereocenters. The van der Waals surface area contributed by atoms with Gasteiger partial charge in [0.1, 0.15) is 6.10 Å². The predicted molar refractivity (Wildman–Crippen MR) is 60.7 cm³/mol. The van der Waals surface area contributed by atoms with Crippen molar-refractivity contribution >= 4 is 5.97 Å². The van der Waals surface area contributed by atoms with Gasteiger partial charge in [-0.05, 0) is 19.8 Å². The number of rotatable bonds is 7. The van der Waals surface area contributed by atoms with Gasteiger partial charge in [0, 0.05) is 25.2 Å². The molecule has 1 unspecified atom stereocenters. The quantitative estimate of drug-likeness (QED) is 0.366. The highest BCUT2D eigenvalue weighted by Gasteiger charge is 2.24. The minimum atomic E-state index is -0.252. The van der Waals surface area contributed by atoms with Gasteiger partial charge in [-0.2, -0.15) is 0 Å². The molecule has 0 radical (unpaired) electrons. The third-order valence-electron chi connectivity index (χ3n) is 2.50. The van der Waals surface area contributed by atoms with Crippen LogP contribution in [-0.2, 0) is 9.53 Å². The molecular formula is C12H21NO2. The average Bonchev–Trinajstić information content (AvgIpc) is 2.97. The Kier molecular flexibility index (Phi) is 4.82. The van der Waals surface area contributed by atoms with Crippen molar-refractivity contribution < 1.29 is 9.53 Å². The predicted octanol–water partition coefficient (Wildman–Crippen LogP) is 1.98. The molecular weight excluding hydrogens is 190 g/mol. The van der Waals surface area contributed by atoms with E-state index in [2.05, 4.69) is 18.4 Å². The molecule has 0 N–H and O–H groups in total. The van der Waals surface area contributed by atoms with E-state index in [-0.39, 0.29) is 12.1 Å². The van der Waals surface area contributed by atoms with Crippen LogP contribution in [0.25, 0.3) is 0 Å². The lowest BCUT2D eigenvalue weighted by Gasteiger charge is -2.18. The molecule has 3 nitrogen and oxygen atoms in total. The molecule has 0 aromatic heterocycles. The Morgan fingerprint density at radius 1 is 1.53 bits per heavy atom. The average molecular weight is 211 g/mol. The SMILES string of the molecule is C=C(C)C(=O)OC(CCCC)CN1CC1. The summed E-state index contributed by atoms with van der Waals surface area (Å²) in [6, 6.07) is 0. The zero-order chi connectivity index (χ0) is 11.3. The Morgan fingerprint density at radius 3 is 2.67 bits per heavy atom. The topological polar surface area (TPSA) is 29.3 Å². The van der Waals surface area contributed by atoms with Crippen LogP contribution >= 0.6 is 0 Å². The fourth-order valence-electron chi connectivity index (χ4n) is 1.41. The van der Waals surface area contributed by atoms with E-state index < -0.39 is 0 Å². The van der Waals surface area contributed by atoms with E-state index in [1.807, 2.05) is 0 Å². The Balaban J connectivity index is 2.32. The van der Waals surface area contributed by atoms with Crippen molar-refractivity contribution in [3.05, 3.63) is 12.2 Å². The monoisotopic (exact) mass is 211 g/mol. The van der Waals surface area contributed by atoms with E-state index in [0.717, 1.165) is 38.9 Å². The molecule has 0 aliphatic carbocycles. The molecule has 1 fully saturated rings. The van der Waals surface area contributed by atoms with Crippen molar-refractivity contribution in [2.45, 2.75) is 39.2 Å². The van der Waals surface area contributed by atoms with Gasteiger partial charge >= 0.3 is 5.97 Å². The highest BCUT2D eigenvalue weighted by atomic mass is 16.5. The summed E-state index contributed by atoms with van der Waals surface area (Å²) in [5.74, 6) is -0.252. The summed E-state index contributed by atoms with van der Waals surface area (Å²) in [6.45, 7) is 10.6. The van der Waals surface area contributed by atoms with Gasteiger partial charge in [0.2, 0.25) is 0 Å². The van der Waals surface area contributed by atoms with Crippen LogP contribution in [0.2, 0.25) is 0 Å². The molecule has 1 saturated heterocycles. The van der Waals surface area contributed by atoms with Gasteiger partial charge < -0.3 is 4.74 Å². The lowest BCUT2D eigenvalue weighted by Crippen LogP contribution is -2.26. The molecule has 0 aromatic carbocycles. The molecule has 1 aliphatic heterocycles. The number of carbonyl (C=O) groups excluding carboxylic acids is 1. The van der Waals surface area contributed by atoms with Crippen molar-refractivity contribution in [3.8, 4) is 0 Å². The van der Waals surface area contributed by atoms with Gasteiger partial charge in [0.05, 0.1) is 0 Å². The molecule has 86 valence electrons. The largest absolute Gasteiger partial charge is 0.458 e. The molecule has 1 rings (SSSR count). The molecule has 0 spiro atoms. The Bertz CT molecular complexity index is 234. The first-order valence-corrected chi connectivity index (χ1v) is 5.72.